The molecule has 0 bridgehead atoms. The molecule has 6 N–H and O–H groups in total. The number of urea groups is 1. The highest BCUT2D eigenvalue weighted by atomic mass is 35.5. The molecule has 1 aromatic rings. The fraction of sp³-hybridized carbons (Fsp3) is 0.375. The molecule has 0 radical (unpaired) electrons. The van der Waals surface area contributed by atoms with Gasteiger partial charge in [0, 0.05) is 21.8 Å². The smallest absolute Gasteiger partial charge is 0.325 e. The number of nitrogens with zero attached hydrogens (tertiary/aromatic N) is 1. The van der Waals surface area contributed by atoms with Gasteiger partial charge in [0.2, 0.25) is 5.78 Å². The minimum absolute atomic E-state index is 0.0984. The number of Topliss-reactive ketones (excluding diaryl/α,β-unsaturated/α-hetero) is 1. The van der Waals surface area contributed by atoms with Crippen LogP contribution in [0.2, 0.25) is 10.0 Å². The molecule has 9 nitrogen and oxygen atoms in total. The van der Waals surface area contributed by atoms with Crippen LogP contribution >= 0.6 is 23.2 Å². The van der Waals surface area contributed by atoms with Crippen molar-refractivity contribution in [3.8, 4) is 0 Å². The van der Waals surface area contributed by atoms with Crippen molar-refractivity contribution in [3.63, 3.8) is 0 Å². The minimum Gasteiger partial charge on any atom is -0.394 e. The molecule has 2 aliphatic heterocycles. The Morgan fingerprint density at radius 3 is 2.41 bits per heavy atom. The number of benzene rings is 1. The molecule has 1 aromatic carbocycles. The average Bonchev–Trinajstić information content (AvgIpc) is 2.88. The van der Waals surface area contributed by atoms with Crippen molar-refractivity contribution in [3.05, 3.63) is 46.1 Å². The lowest BCUT2D eigenvalue weighted by atomic mass is 9.97. The Kier molecular flexibility index (Phi) is 5.46. The Labute approximate surface area is 163 Å². The molecule has 0 aliphatic carbocycles. The number of ether oxygens (including phenoxy) is 1. The number of halogens is 2. The van der Waals surface area contributed by atoms with Crippen LogP contribution in [0.3, 0.4) is 0 Å². The fourth-order valence-corrected chi connectivity index (χ4v) is 3.44. The summed E-state index contributed by atoms with van der Waals surface area (Å²) in [6, 6.07) is 3.34. The van der Waals surface area contributed by atoms with Crippen LogP contribution in [-0.2, 0) is 4.74 Å². The Morgan fingerprint density at radius 1 is 1.26 bits per heavy atom. The first kappa shape index (κ1) is 20.0. The number of hydrogen-bond acceptors (Lipinski definition) is 7. The van der Waals surface area contributed by atoms with Crippen LogP contribution in [0.15, 0.2) is 30.5 Å². The van der Waals surface area contributed by atoms with Crippen LogP contribution < -0.4 is 11.1 Å². The van der Waals surface area contributed by atoms with Crippen molar-refractivity contribution < 1.29 is 29.6 Å². The first-order chi connectivity index (χ1) is 12.7. The highest BCUT2D eigenvalue weighted by molar-refractivity contribution is 6.35. The number of carbonyl (C=O) groups excluding carboxylic acids is 2. The van der Waals surface area contributed by atoms with Crippen molar-refractivity contribution in [1.29, 1.82) is 0 Å². The Balaban J connectivity index is 1.84. The molecule has 2 heterocycles. The molecule has 146 valence electrons. The zero-order valence-electron chi connectivity index (χ0n) is 13.8. The van der Waals surface area contributed by atoms with Crippen molar-refractivity contribution in [2.45, 2.75) is 30.2 Å². The van der Waals surface area contributed by atoms with Gasteiger partial charge < -0.3 is 25.4 Å². The van der Waals surface area contributed by atoms with Crippen LogP contribution in [0, 0.1) is 0 Å². The first-order valence-corrected chi connectivity index (χ1v) is 8.64. The lowest BCUT2D eigenvalue weighted by Gasteiger charge is -2.36. The molecule has 27 heavy (non-hydrogen) atoms. The van der Waals surface area contributed by atoms with E-state index >= 15 is 0 Å². The van der Waals surface area contributed by atoms with Crippen LogP contribution in [0.1, 0.15) is 10.4 Å². The van der Waals surface area contributed by atoms with Gasteiger partial charge in [-0.3, -0.25) is 15.4 Å². The Bertz CT molecular complexity index is 786. The van der Waals surface area contributed by atoms with Gasteiger partial charge in [0.1, 0.15) is 18.3 Å². The van der Waals surface area contributed by atoms with E-state index in [1.807, 2.05) is 0 Å². The fourth-order valence-electron chi connectivity index (χ4n) is 2.92. The molecule has 1 unspecified atom stereocenters. The minimum atomic E-state index is -1.87. The third kappa shape index (κ3) is 3.67. The van der Waals surface area contributed by atoms with E-state index in [9.17, 15) is 19.8 Å². The average molecular weight is 418 g/mol. The van der Waals surface area contributed by atoms with E-state index in [1.165, 1.54) is 30.5 Å². The summed E-state index contributed by atoms with van der Waals surface area (Å²) in [6.07, 6.45) is -2.75. The number of aliphatic hydroxyl groups is 3. The van der Waals surface area contributed by atoms with Crippen LogP contribution in [0.25, 0.3) is 0 Å². The van der Waals surface area contributed by atoms with Crippen molar-refractivity contribution in [1.82, 2.24) is 10.2 Å². The lowest BCUT2D eigenvalue weighted by Crippen LogP contribution is -2.66. The number of amides is 2. The number of nitrogens with one attached hydrogen (secondary N) is 1. The molecule has 3 rings (SSSR count). The highest BCUT2D eigenvalue weighted by Crippen LogP contribution is 2.27. The molecular weight excluding hydrogens is 401 g/mol. The van der Waals surface area contributed by atoms with E-state index in [0.29, 0.717) is 0 Å². The third-order valence-corrected chi connectivity index (χ3v) is 4.77. The van der Waals surface area contributed by atoms with E-state index < -0.39 is 48.6 Å². The summed E-state index contributed by atoms with van der Waals surface area (Å²) >= 11 is 11.8. The SMILES string of the molecule is NC1(C(=O)c2cc(Cl)cc(Cl)c2)C=CN([C@@H]2O[C@H](CO)[C@@H](O)[C@H]2O)C(=O)N1. The first-order valence-electron chi connectivity index (χ1n) is 7.88. The van der Waals surface area contributed by atoms with Gasteiger partial charge in [-0.25, -0.2) is 4.79 Å². The number of hydrogen-bond donors (Lipinski definition) is 5. The van der Waals surface area contributed by atoms with Gasteiger partial charge in [0.25, 0.3) is 0 Å². The number of carbonyl (C=O) groups is 2. The standard InChI is InChI=1S/C16H17Cl2N3O6/c17-8-3-7(4-9(18)5-8)13(25)16(19)1-2-21(15(26)20-16)14-12(24)11(23)10(6-22)27-14/h1-5,10-12,14,22-24H,6,19H2,(H,20,26)/t10-,11-,12-,14-,16?/m1/s1. The summed E-state index contributed by atoms with van der Waals surface area (Å²) in [4.78, 5) is 26.1. The largest absolute Gasteiger partial charge is 0.394 e. The van der Waals surface area contributed by atoms with Gasteiger partial charge in [0.15, 0.2) is 11.9 Å². The highest BCUT2D eigenvalue weighted by Gasteiger charge is 2.48. The summed E-state index contributed by atoms with van der Waals surface area (Å²) < 4.78 is 5.29. The van der Waals surface area contributed by atoms with Crippen LogP contribution in [0.4, 0.5) is 4.79 Å². The molecular formula is C16H17Cl2N3O6. The predicted octanol–water partition coefficient (Wildman–Crippen LogP) is -0.191. The zero-order chi connectivity index (χ0) is 19.9. The number of aliphatic hydroxyl groups excluding tert-OH is 3. The Morgan fingerprint density at radius 2 is 1.89 bits per heavy atom. The van der Waals surface area contributed by atoms with E-state index in [2.05, 4.69) is 5.32 Å². The van der Waals surface area contributed by atoms with Crippen molar-refractivity contribution >= 4 is 35.0 Å². The summed E-state index contributed by atoms with van der Waals surface area (Å²) in [7, 11) is 0. The summed E-state index contributed by atoms with van der Waals surface area (Å²) in [6.45, 7) is -0.539. The molecule has 2 amide bonds. The van der Waals surface area contributed by atoms with E-state index in [0.717, 1.165) is 4.90 Å². The second-order valence-corrected chi connectivity index (χ2v) is 7.11. The number of ketones is 1. The molecule has 0 saturated carbocycles. The van der Waals surface area contributed by atoms with E-state index in [4.69, 9.17) is 38.8 Å². The summed E-state index contributed by atoms with van der Waals surface area (Å²) in [5.41, 5.74) is 4.25. The van der Waals surface area contributed by atoms with Crippen LogP contribution in [-0.4, -0.2) is 68.8 Å². The second-order valence-electron chi connectivity index (χ2n) is 6.24. The zero-order valence-corrected chi connectivity index (χ0v) is 15.3. The van der Waals surface area contributed by atoms with Gasteiger partial charge in [-0.15, -0.1) is 0 Å². The van der Waals surface area contributed by atoms with E-state index in [-0.39, 0.29) is 15.6 Å². The number of nitrogens with two attached hydrogens (primary N) is 1. The molecule has 0 spiro atoms. The number of rotatable bonds is 4. The lowest BCUT2D eigenvalue weighted by molar-refractivity contribution is -0.0666. The molecule has 0 aromatic heterocycles. The van der Waals surface area contributed by atoms with Gasteiger partial charge >= 0.3 is 6.03 Å². The van der Waals surface area contributed by atoms with Gasteiger partial charge in [0.05, 0.1) is 6.61 Å². The summed E-state index contributed by atoms with van der Waals surface area (Å²) in [5.74, 6) is -0.655. The maximum Gasteiger partial charge on any atom is 0.325 e. The second kappa shape index (κ2) is 7.36. The quantitative estimate of drug-likeness (QED) is 0.426. The van der Waals surface area contributed by atoms with Gasteiger partial charge in [-0.1, -0.05) is 23.2 Å². The van der Waals surface area contributed by atoms with E-state index in [1.54, 1.807) is 0 Å². The third-order valence-electron chi connectivity index (χ3n) is 4.34. The molecule has 1 fully saturated rings. The summed E-state index contributed by atoms with van der Waals surface area (Å²) in [5, 5.41) is 31.8. The van der Waals surface area contributed by atoms with Gasteiger partial charge in [-0.2, -0.15) is 0 Å². The monoisotopic (exact) mass is 417 g/mol. The molecule has 1 saturated heterocycles. The van der Waals surface area contributed by atoms with Gasteiger partial charge in [-0.05, 0) is 24.3 Å². The normalized spacial score (nSPS) is 33.3. The van der Waals surface area contributed by atoms with Crippen molar-refractivity contribution in [2.75, 3.05) is 6.61 Å². The maximum atomic E-state index is 12.7. The van der Waals surface area contributed by atoms with Crippen molar-refractivity contribution in [2.24, 2.45) is 5.73 Å². The molecule has 2 aliphatic rings. The van der Waals surface area contributed by atoms with Crippen LogP contribution in [0.5, 0.6) is 0 Å². The maximum absolute atomic E-state index is 12.7. The Hall–Kier alpha value is -1.72. The topological polar surface area (TPSA) is 145 Å². The molecule has 11 heteroatoms. The predicted molar refractivity (Wildman–Crippen MR) is 95.0 cm³/mol. The molecule has 5 atom stereocenters.